The van der Waals surface area contributed by atoms with Gasteiger partial charge in [-0.3, -0.25) is 4.79 Å². The molecule has 4 nitrogen and oxygen atoms in total. The van der Waals surface area contributed by atoms with E-state index in [4.69, 9.17) is 0 Å². The molecule has 1 atom stereocenters. The Hall–Kier alpha value is -2.01. The Balaban J connectivity index is 1.81. The third-order valence-corrected chi connectivity index (χ3v) is 4.58. The van der Waals surface area contributed by atoms with Gasteiger partial charge < -0.3 is 15.5 Å². The number of thiophene rings is 1. The summed E-state index contributed by atoms with van der Waals surface area (Å²) >= 11 is 1.72. The summed E-state index contributed by atoms with van der Waals surface area (Å²) < 4.78 is 0. The zero-order valence-electron chi connectivity index (χ0n) is 10.8. The van der Waals surface area contributed by atoms with E-state index in [1.807, 2.05) is 5.38 Å². The average molecular weight is 289 g/mol. The molecule has 1 aliphatic carbocycles. The van der Waals surface area contributed by atoms with Gasteiger partial charge in [0.25, 0.3) is 5.91 Å². The van der Waals surface area contributed by atoms with Crippen molar-refractivity contribution in [1.82, 2.24) is 5.32 Å². The number of amides is 1. The van der Waals surface area contributed by atoms with Gasteiger partial charge >= 0.3 is 0 Å². The Morgan fingerprint density at radius 1 is 1.30 bits per heavy atom. The number of phenolic OH excluding ortho intramolecular Hbond substituents is 2. The smallest absolute Gasteiger partial charge is 0.255 e. The van der Waals surface area contributed by atoms with Crippen LogP contribution < -0.4 is 5.32 Å². The van der Waals surface area contributed by atoms with Gasteiger partial charge in [0.05, 0.1) is 11.6 Å². The first-order chi connectivity index (χ1) is 9.65. The standard InChI is InChI=1S/C15H15NO3S/c17-9-4-5-11(13(18)8-9)15(19)16-12-2-1-3-14-10(12)6-7-20-14/h4-8,12,17-18H,1-3H2,(H,16,19). The largest absolute Gasteiger partial charge is 0.508 e. The van der Waals surface area contributed by atoms with Crippen LogP contribution in [0.2, 0.25) is 0 Å². The number of carbonyl (C=O) groups is 1. The lowest BCUT2D eigenvalue weighted by Crippen LogP contribution is -2.30. The number of hydrogen-bond acceptors (Lipinski definition) is 4. The highest BCUT2D eigenvalue weighted by atomic mass is 32.1. The quantitative estimate of drug-likeness (QED) is 0.796. The van der Waals surface area contributed by atoms with Crippen molar-refractivity contribution in [3.8, 4) is 11.5 Å². The lowest BCUT2D eigenvalue weighted by atomic mass is 9.94. The zero-order valence-corrected chi connectivity index (χ0v) is 11.6. The minimum absolute atomic E-state index is 0.00528. The number of carbonyl (C=O) groups excluding carboxylic acids is 1. The van der Waals surface area contributed by atoms with Gasteiger partial charge in [0.2, 0.25) is 0 Å². The van der Waals surface area contributed by atoms with Crippen molar-refractivity contribution < 1.29 is 15.0 Å². The van der Waals surface area contributed by atoms with E-state index in [0.29, 0.717) is 0 Å². The molecule has 0 bridgehead atoms. The first kappa shape index (κ1) is 13.0. The molecule has 1 aliphatic rings. The van der Waals surface area contributed by atoms with E-state index in [-0.39, 0.29) is 29.0 Å². The minimum atomic E-state index is -0.313. The highest BCUT2D eigenvalue weighted by Crippen LogP contribution is 2.33. The van der Waals surface area contributed by atoms with Crippen molar-refractivity contribution in [2.45, 2.75) is 25.3 Å². The third-order valence-electron chi connectivity index (χ3n) is 3.58. The molecule has 0 fully saturated rings. The highest BCUT2D eigenvalue weighted by molar-refractivity contribution is 7.10. The number of aromatic hydroxyl groups is 2. The normalized spacial score (nSPS) is 17.5. The summed E-state index contributed by atoms with van der Waals surface area (Å²) in [4.78, 5) is 13.6. The molecule has 104 valence electrons. The molecule has 3 N–H and O–H groups in total. The molecule has 3 rings (SSSR count). The summed E-state index contributed by atoms with van der Waals surface area (Å²) in [5.41, 5.74) is 1.37. The average Bonchev–Trinajstić information content (AvgIpc) is 2.87. The van der Waals surface area contributed by atoms with Gasteiger partial charge in [0.1, 0.15) is 11.5 Å². The van der Waals surface area contributed by atoms with Crippen LogP contribution in [0.15, 0.2) is 29.6 Å². The lowest BCUT2D eigenvalue weighted by molar-refractivity contribution is 0.0930. The maximum Gasteiger partial charge on any atom is 0.255 e. The topological polar surface area (TPSA) is 69.6 Å². The molecule has 0 spiro atoms. The minimum Gasteiger partial charge on any atom is -0.508 e. The number of hydrogen-bond donors (Lipinski definition) is 3. The van der Waals surface area contributed by atoms with E-state index < -0.39 is 0 Å². The number of rotatable bonds is 2. The number of benzene rings is 1. The van der Waals surface area contributed by atoms with Gasteiger partial charge in [0, 0.05) is 10.9 Å². The van der Waals surface area contributed by atoms with Crippen LogP contribution in [0.5, 0.6) is 11.5 Å². The monoisotopic (exact) mass is 289 g/mol. The van der Waals surface area contributed by atoms with Gasteiger partial charge in [-0.05, 0) is 48.4 Å². The molecule has 5 heteroatoms. The van der Waals surface area contributed by atoms with Crippen molar-refractivity contribution in [3.05, 3.63) is 45.6 Å². The van der Waals surface area contributed by atoms with Crippen molar-refractivity contribution in [2.75, 3.05) is 0 Å². The lowest BCUT2D eigenvalue weighted by Gasteiger charge is -2.23. The zero-order chi connectivity index (χ0) is 14.1. The van der Waals surface area contributed by atoms with E-state index in [2.05, 4.69) is 11.4 Å². The maximum atomic E-state index is 12.2. The van der Waals surface area contributed by atoms with Crippen LogP contribution in [-0.2, 0) is 6.42 Å². The van der Waals surface area contributed by atoms with Crippen molar-refractivity contribution in [3.63, 3.8) is 0 Å². The summed E-state index contributed by atoms with van der Waals surface area (Å²) in [7, 11) is 0. The first-order valence-corrected chi connectivity index (χ1v) is 7.42. The molecule has 1 aromatic heterocycles. The highest BCUT2D eigenvalue weighted by Gasteiger charge is 2.24. The third kappa shape index (κ3) is 2.36. The number of aryl methyl sites for hydroxylation is 1. The molecule has 0 aliphatic heterocycles. The molecule has 20 heavy (non-hydrogen) atoms. The Bertz CT molecular complexity index is 650. The maximum absolute atomic E-state index is 12.2. The van der Waals surface area contributed by atoms with Crippen molar-refractivity contribution in [2.24, 2.45) is 0 Å². The first-order valence-electron chi connectivity index (χ1n) is 6.54. The Kier molecular flexibility index (Phi) is 3.36. The van der Waals surface area contributed by atoms with Crippen LogP contribution in [0.3, 0.4) is 0 Å². The van der Waals surface area contributed by atoms with E-state index >= 15 is 0 Å². The molecule has 1 aromatic carbocycles. The fourth-order valence-electron chi connectivity index (χ4n) is 2.58. The Labute approximate surface area is 120 Å². The van der Waals surface area contributed by atoms with Crippen LogP contribution in [-0.4, -0.2) is 16.1 Å². The molecule has 2 aromatic rings. The Morgan fingerprint density at radius 3 is 2.95 bits per heavy atom. The van der Waals surface area contributed by atoms with Gasteiger partial charge in [-0.1, -0.05) is 0 Å². The number of phenols is 2. The summed E-state index contributed by atoms with van der Waals surface area (Å²) in [6.45, 7) is 0. The summed E-state index contributed by atoms with van der Waals surface area (Å²) in [6, 6.07) is 6.06. The summed E-state index contributed by atoms with van der Waals surface area (Å²) in [5.74, 6) is -0.577. The summed E-state index contributed by atoms with van der Waals surface area (Å²) in [5, 5.41) is 24.0. The molecule has 1 unspecified atom stereocenters. The second-order valence-electron chi connectivity index (χ2n) is 4.92. The molecular weight excluding hydrogens is 274 g/mol. The predicted octanol–water partition coefficient (Wildman–Crippen LogP) is 2.97. The van der Waals surface area contributed by atoms with Crippen LogP contribution in [0.25, 0.3) is 0 Å². The number of fused-ring (bicyclic) bond motifs is 1. The molecule has 0 saturated carbocycles. The molecule has 1 amide bonds. The van der Waals surface area contributed by atoms with E-state index in [1.54, 1.807) is 11.3 Å². The van der Waals surface area contributed by atoms with Gasteiger partial charge in [-0.15, -0.1) is 11.3 Å². The summed E-state index contributed by atoms with van der Waals surface area (Å²) in [6.07, 6.45) is 3.04. The van der Waals surface area contributed by atoms with Crippen LogP contribution in [0.4, 0.5) is 0 Å². The number of nitrogens with one attached hydrogen (secondary N) is 1. The van der Waals surface area contributed by atoms with E-state index in [9.17, 15) is 15.0 Å². The van der Waals surface area contributed by atoms with Crippen LogP contribution in [0.1, 0.15) is 39.7 Å². The second-order valence-corrected chi connectivity index (χ2v) is 5.92. The second kappa shape index (κ2) is 5.17. The fourth-order valence-corrected chi connectivity index (χ4v) is 3.57. The SMILES string of the molecule is O=C(NC1CCCc2sccc21)c1ccc(O)cc1O. The molecule has 1 heterocycles. The van der Waals surface area contributed by atoms with Gasteiger partial charge in [-0.2, -0.15) is 0 Å². The molecule has 0 saturated heterocycles. The molecule has 0 radical (unpaired) electrons. The van der Waals surface area contributed by atoms with E-state index in [1.165, 1.54) is 28.6 Å². The predicted molar refractivity (Wildman–Crippen MR) is 77.2 cm³/mol. The van der Waals surface area contributed by atoms with E-state index in [0.717, 1.165) is 19.3 Å². The van der Waals surface area contributed by atoms with Gasteiger partial charge in [-0.25, -0.2) is 0 Å². The Morgan fingerprint density at radius 2 is 2.15 bits per heavy atom. The van der Waals surface area contributed by atoms with Gasteiger partial charge in [0.15, 0.2) is 0 Å². The van der Waals surface area contributed by atoms with Crippen LogP contribution >= 0.6 is 11.3 Å². The molecular formula is C15H15NO3S. The van der Waals surface area contributed by atoms with Crippen molar-refractivity contribution >= 4 is 17.2 Å². The van der Waals surface area contributed by atoms with Crippen LogP contribution in [0, 0.1) is 0 Å². The fraction of sp³-hybridized carbons (Fsp3) is 0.267. The van der Waals surface area contributed by atoms with Crippen molar-refractivity contribution in [1.29, 1.82) is 0 Å².